The third kappa shape index (κ3) is 3.64. The molecular formula is C17H15BrN2O5S. The van der Waals surface area contributed by atoms with Crippen LogP contribution in [0, 0.1) is 0 Å². The van der Waals surface area contributed by atoms with E-state index >= 15 is 0 Å². The summed E-state index contributed by atoms with van der Waals surface area (Å²) in [5.41, 5.74) is 0.109. The second-order valence-corrected chi connectivity index (χ2v) is 8.60. The molecule has 0 saturated carbocycles. The third-order valence-corrected chi connectivity index (χ3v) is 5.48. The Balaban J connectivity index is 1.82. The Morgan fingerprint density at radius 1 is 1.23 bits per heavy atom. The van der Waals surface area contributed by atoms with E-state index in [1.807, 2.05) is 0 Å². The van der Waals surface area contributed by atoms with Gasteiger partial charge in [-0.15, -0.1) is 0 Å². The van der Waals surface area contributed by atoms with Gasteiger partial charge in [0.1, 0.15) is 0 Å². The van der Waals surface area contributed by atoms with E-state index in [1.54, 1.807) is 18.2 Å². The lowest BCUT2D eigenvalue weighted by Crippen LogP contribution is -2.48. The van der Waals surface area contributed by atoms with Crippen molar-refractivity contribution in [3.05, 3.63) is 58.1 Å². The van der Waals surface area contributed by atoms with Crippen LogP contribution in [0.5, 0.6) is 0 Å². The van der Waals surface area contributed by atoms with Gasteiger partial charge >= 0.3 is 5.97 Å². The van der Waals surface area contributed by atoms with Gasteiger partial charge in [0.05, 0.1) is 10.5 Å². The number of sulfonamides is 1. The van der Waals surface area contributed by atoms with Gasteiger partial charge in [-0.25, -0.2) is 18.4 Å². The third-order valence-electron chi connectivity index (χ3n) is 4.05. The highest BCUT2D eigenvalue weighted by Crippen LogP contribution is 2.31. The van der Waals surface area contributed by atoms with E-state index < -0.39 is 27.5 Å². The molecule has 1 atom stereocenters. The maximum atomic E-state index is 12.7. The number of fused-ring (bicyclic) bond motifs is 1. The Bertz CT molecular complexity index is 1000. The van der Waals surface area contributed by atoms with Gasteiger partial charge in [0.25, 0.3) is 5.91 Å². The van der Waals surface area contributed by atoms with E-state index in [4.69, 9.17) is 9.88 Å². The van der Waals surface area contributed by atoms with Gasteiger partial charge < -0.3 is 10.1 Å². The van der Waals surface area contributed by atoms with Crippen LogP contribution in [0.3, 0.4) is 0 Å². The van der Waals surface area contributed by atoms with Crippen molar-refractivity contribution in [3.8, 4) is 0 Å². The predicted octanol–water partition coefficient (Wildman–Crippen LogP) is 2.21. The molecule has 0 radical (unpaired) electrons. The number of anilines is 1. The lowest BCUT2D eigenvalue weighted by Gasteiger charge is -2.33. The van der Waals surface area contributed by atoms with Crippen LogP contribution in [0.2, 0.25) is 0 Å². The summed E-state index contributed by atoms with van der Waals surface area (Å²) < 4.78 is 28.7. The molecule has 136 valence electrons. The minimum absolute atomic E-state index is 0.0652. The molecule has 1 amide bonds. The van der Waals surface area contributed by atoms with Crippen LogP contribution in [-0.4, -0.2) is 25.9 Å². The molecule has 2 aromatic carbocycles. The molecular weight excluding hydrogens is 424 g/mol. The van der Waals surface area contributed by atoms with Gasteiger partial charge in [0.2, 0.25) is 10.0 Å². The largest absolute Gasteiger partial charge is 0.445 e. The van der Waals surface area contributed by atoms with Crippen LogP contribution in [0.25, 0.3) is 0 Å². The molecule has 2 aromatic rings. The first-order valence-electron chi connectivity index (χ1n) is 7.55. The first-order valence-corrected chi connectivity index (χ1v) is 9.88. The molecule has 1 heterocycles. The highest BCUT2D eigenvalue weighted by molar-refractivity contribution is 9.10. The minimum atomic E-state index is -3.81. The summed E-state index contributed by atoms with van der Waals surface area (Å²) in [7, 11) is -3.81. The standard InChI is InChI=1S/C17H15BrN2O5S/c1-17(9-10-8-11(18)2-7-14(10)15(21)25-17)16(22)20-12-3-5-13(6-4-12)26(19,23)24/h2-8H,9H2,1H3,(H,20,22)(H2,19,23,24). The fraction of sp³-hybridized carbons (Fsp3) is 0.176. The number of rotatable bonds is 3. The smallest absolute Gasteiger partial charge is 0.339 e. The fourth-order valence-corrected chi connectivity index (χ4v) is 3.61. The lowest BCUT2D eigenvalue weighted by molar-refractivity contribution is -0.134. The Hall–Kier alpha value is -2.23. The summed E-state index contributed by atoms with van der Waals surface area (Å²) in [5, 5.41) is 7.68. The van der Waals surface area contributed by atoms with Crippen molar-refractivity contribution in [1.29, 1.82) is 0 Å². The first kappa shape index (κ1) is 18.6. The molecule has 0 bridgehead atoms. The highest BCUT2D eigenvalue weighted by Gasteiger charge is 2.42. The molecule has 7 nitrogen and oxygen atoms in total. The maximum absolute atomic E-state index is 12.7. The van der Waals surface area contributed by atoms with E-state index in [1.165, 1.54) is 31.2 Å². The lowest BCUT2D eigenvalue weighted by atomic mass is 9.89. The Morgan fingerprint density at radius 3 is 2.50 bits per heavy atom. The summed E-state index contributed by atoms with van der Waals surface area (Å²) in [6, 6.07) is 10.6. The van der Waals surface area contributed by atoms with Gasteiger partial charge in [0.15, 0.2) is 5.60 Å². The second kappa shape index (κ2) is 6.49. The predicted molar refractivity (Wildman–Crippen MR) is 98.1 cm³/mol. The molecule has 1 unspecified atom stereocenters. The number of esters is 1. The van der Waals surface area contributed by atoms with E-state index in [-0.39, 0.29) is 11.3 Å². The van der Waals surface area contributed by atoms with Gasteiger partial charge in [0, 0.05) is 16.6 Å². The van der Waals surface area contributed by atoms with Crippen LogP contribution in [0.1, 0.15) is 22.8 Å². The molecule has 0 aliphatic carbocycles. The van der Waals surface area contributed by atoms with Crippen LogP contribution in [-0.2, 0) is 26.0 Å². The second-order valence-electron chi connectivity index (χ2n) is 6.12. The summed E-state index contributed by atoms with van der Waals surface area (Å²) in [6.45, 7) is 1.53. The number of amides is 1. The molecule has 3 N–H and O–H groups in total. The number of carbonyl (C=O) groups excluding carboxylic acids is 2. The maximum Gasteiger partial charge on any atom is 0.339 e. The highest BCUT2D eigenvalue weighted by atomic mass is 79.9. The number of cyclic esters (lactones) is 1. The summed E-state index contributed by atoms with van der Waals surface area (Å²) in [5.74, 6) is -1.08. The van der Waals surface area contributed by atoms with Crippen molar-refractivity contribution in [1.82, 2.24) is 0 Å². The SMILES string of the molecule is CC1(C(=O)Nc2ccc(S(N)(=O)=O)cc2)Cc2cc(Br)ccc2C(=O)O1. The van der Waals surface area contributed by atoms with E-state index in [0.717, 1.165) is 4.47 Å². The zero-order valence-electron chi connectivity index (χ0n) is 13.7. The first-order chi connectivity index (χ1) is 12.1. The molecule has 3 rings (SSSR count). The average molecular weight is 439 g/mol. The summed E-state index contributed by atoms with van der Waals surface area (Å²) in [6.07, 6.45) is 0.217. The van der Waals surface area contributed by atoms with Crippen molar-refractivity contribution in [3.63, 3.8) is 0 Å². The quantitative estimate of drug-likeness (QED) is 0.712. The molecule has 0 fully saturated rings. The average Bonchev–Trinajstić information content (AvgIpc) is 2.53. The van der Waals surface area contributed by atoms with E-state index in [0.29, 0.717) is 16.8 Å². The molecule has 0 aromatic heterocycles. The number of benzene rings is 2. The zero-order chi connectivity index (χ0) is 19.1. The normalized spacial score (nSPS) is 19.4. The van der Waals surface area contributed by atoms with E-state index in [9.17, 15) is 18.0 Å². The zero-order valence-corrected chi connectivity index (χ0v) is 16.1. The topological polar surface area (TPSA) is 116 Å². The van der Waals surface area contributed by atoms with Gasteiger partial charge in [-0.2, -0.15) is 0 Å². The molecule has 1 aliphatic heterocycles. The molecule has 1 aliphatic rings. The van der Waals surface area contributed by atoms with Gasteiger partial charge in [-0.3, -0.25) is 4.79 Å². The minimum Gasteiger partial charge on any atom is -0.445 e. The summed E-state index contributed by atoms with van der Waals surface area (Å²) in [4.78, 5) is 24.8. The molecule has 0 saturated heterocycles. The molecule has 26 heavy (non-hydrogen) atoms. The summed E-state index contributed by atoms with van der Waals surface area (Å²) >= 11 is 3.35. The van der Waals surface area contributed by atoms with Crippen molar-refractivity contribution in [2.24, 2.45) is 5.14 Å². The number of carbonyl (C=O) groups is 2. The molecule has 9 heteroatoms. The van der Waals surface area contributed by atoms with Gasteiger partial charge in [-0.1, -0.05) is 15.9 Å². The van der Waals surface area contributed by atoms with Crippen LogP contribution in [0.4, 0.5) is 5.69 Å². The number of nitrogens with two attached hydrogens (primary N) is 1. The van der Waals surface area contributed by atoms with Gasteiger partial charge in [-0.05, 0) is 55.0 Å². The van der Waals surface area contributed by atoms with E-state index in [2.05, 4.69) is 21.2 Å². The van der Waals surface area contributed by atoms with Crippen molar-refractivity contribution in [2.45, 2.75) is 23.8 Å². The fourth-order valence-electron chi connectivity index (χ4n) is 2.68. The van der Waals surface area contributed by atoms with Crippen LogP contribution < -0.4 is 10.5 Å². The number of ether oxygens (including phenoxy) is 1. The Kier molecular flexibility index (Phi) is 4.63. The number of hydrogen-bond donors (Lipinski definition) is 2. The number of hydrogen-bond acceptors (Lipinski definition) is 5. The number of halogens is 1. The van der Waals surface area contributed by atoms with Crippen molar-refractivity contribution >= 4 is 43.5 Å². The monoisotopic (exact) mass is 438 g/mol. The Labute approximate surface area is 158 Å². The molecule has 0 spiro atoms. The van der Waals surface area contributed by atoms with Crippen LogP contribution in [0.15, 0.2) is 51.8 Å². The van der Waals surface area contributed by atoms with Crippen molar-refractivity contribution < 1.29 is 22.7 Å². The number of primary sulfonamides is 1. The van der Waals surface area contributed by atoms with Crippen molar-refractivity contribution in [2.75, 3.05) is 5.32 Å². The number of nitrogens with one attached hydrogen (secondary N) is 1. The Morgan fingerprint density at radius 2 is 1.88 bits per heavy atom. The van der Waals surface area contributed by atoms with Crippen LogP contribution >= 0.6 is 15.9 Å².